The maximum absolute atomic E-state index is 14.0. The normalized spacial score (nSPS) is 16.4. The van der Waals surface area contributed by atoms with Crippen molar-refractivity contribution in [3.63, 3.8) is 0 Å². The number of carboxylic acids is 1. The van der Waals surface area contributed by atoms with Gasteiger partial charge < -0.3 is 15.7 Å². The van der Waals surface area contributed by atoms with E-state index in [1.165, 1.54) is 11.8 Å². The monoisotopic (exact) mass is 501 g/mol. The van der Waals surface area contributed by atoms with Crippen LogP contribution in [-0.4, -0.2) is 71.3 Å². The molecule has 0 aliphatic heterocycles. The lowest BCUT2D eigenvalue weighted by Gasteiger charge is -2.49. The third kappa shape index (κ3) is 6.43. The molecule has 0 bridgehead atoms. The van der Waals surface area contributed by atoms with Gasteiger partial charge in [-0.05, 0) is 44.8 Å². The second-order valence-electron chi connectivity index (χ2n) is 11.9. The van der Waals surface area contributed by atoms with Gasteiger partial charge in [0.15, 0.2) is 5.78 Å². The van der Waals surface area contributed by atoms with E-state index >= 15 is 0 Å². The molecule has 0 fully saturated rings. The Hall–Kier alpha value is -2.51. The highest BCUT2D eigenvalue weighted by Crippen LogP contribution is 2.41. The molecule has 7 heteroatoms. The Morgan fingerprint density at radius 2 is 1.50 bits per heavy atom. The smallest absolute Gasteiger partial charge is 0.331 e. The molecule has 1 rings (SSSR count). The number of carbonyl (C=O) groups excluding carboxylic acids is 2. The number of aliphatic carboxylic acids is 1. The van der Waals surface area contributed by atoms with Crippen molar-refractivity contribution in [1.82, 2.24) is 9.80 Å². The molecule has 202 valence electrons. The highest BCUT2D eigenvalue weighted by atomic mass is 16.4. The van der Waals surface area contributed by atoms with Crippen LogP contribution < -0.4 is 5.73 Å². The molecule has 3 atom stereocenters. The van der Waals surface area contributed by atoms with Crippen LogP contribution in [0.4, 0.5) is 0 Å². The van der Waals surface area contributed by atoms with E-state index in [1.807, 2.05) is 83.9 Å². The van der Waals surface area contributed by atoms with Crippen LogP contribution in [0.25, 0.3) is 0 Å². The fourth-order valence-corrected chi connectivity index (χ4v) is 4.77. The van der Waals surface area contributed by atoms with Crippen molar-refractivity contribution in [1.29, 1.82) is 0 Å². The molecule has 7 nitrogen and oxygen atoms in total. The number of ketones is 1. The predicted molar refractivity (Wildman–Crippen MR) is 146 cm³/mol. The highest BCUT2D eigenvalue weighted by molar-refractivity contribution is 5.92. The molecule has 0 aromatic heterocycles. The largest absolute Gasteiger partial charge is 0.478 e. The number of carbonyl (C=O) groups is 3. The Bertz CT molecular complexity index is 966. The molecule has 0 heterocycles. The summed E-state index contributed by atoms with van der Waals surface area (Å²) in [5.74, 6) is -1.37. The summed E-state index contributed by atoms with van der Waals surface area (Å²) in [6.45, 7) is 15.1. The molecule has 0 saturated heterocycles. The van der Waals surface area contributed by atoms with Gasteiger partial charge in [-0.25, -0.2) is 4.79 Å². The topological polar surface area (TPSA) is 104 Å². The number of amides is 1. The van der Waals surface area contributed by atoms with Crippen molar-refractivity contribution < 1.29 is 19.5 Å². The summed E-state index contributed by atoms with van der Waals surface area (Å²) < 4.78 is 0. The summed E-state index contributed by atoms with van der Waals surface area (Å²) in [4.78, 5) is 42.3. The summed E-state index contributed by atoms with van der Waals surface area (Å²) >= 11 is 0. The van der Waals surface area contributed by atoms with Gasteiger partial charge in [0.05, 0.1) is 17.6 Å². The number of nitrogens with zero attached hydrogens (tertiary/aromatic N) is 2. The van der Waals surface area contributed by atoms with Crippen LogP contribution in [-0.2, 0) is 19.8 Å². The first-order chi connectivity index (χ1) is 16.3. The lowest BCUT2D eigenvalue weighted by molar-refractivity contribution is -0.139. The third-order valence-corrected chi connectivity index (χ3v) is 8.11. The van der Waals surface area contributed by atoms with Crippen molar-refractivity contribution >= 4 is 17.7 Å². The predicted octanol–water partition coefficient (Wildman–Crippen LogP) is 4.11. The van der Waals surface area contributed by atoms with Crippen LogP contribution >= 0.6 is 0 Å². The number of benzene rings is 1. The number of hydrogen-bond acceptors (Lipinski definition) is 5. The van der Waals surface area contributed by atoms with Gasteiger partial charge in [-0.3, -0.25) is 14.5 Å². The Balaban J connectivity index is 3.29. The molecule has 0 aliphatic carbocycles. The van der Waals surface area contributed by atoms with Crippen molar-refractivity contribution in [2.75, 3.05) is 21.1 Å². The van der Waals surface area contributed by atoms with Gasteiger partial charge in [0.1, 0.15) is 0 Å². The average molecular weight is 502 g/mol. The molecule has 36 heavy (non-hydrogen) atoms. The Kier molecular flexibility index (Phi) is 10.2. The third-order valence-electron chi connectivity index (χ3n) is 8.11. The molecule has 0 aliphatic rings. The van der Waals surface area contributed by atoms with Gasteiger partial charge in [-0.15, -0.1) is 0 Å². The number of carboxylic acid groups (broad SMARTS) is 1. The zero-order valence-electron chi connectivity index (χ0n) is 24.0. The standard InChI is InChI=1S/C29H47N3O4/c1-19(2)22(17-20(3)26(35)36)32(11)25(34)24(30)27(4,5)18-23(33)29(8,31(9)10)28(6,7)21-15-13-12-14-16-21/h12-17,19,22,24H,18,30H2,1-11H3,(H,35,36)/t22-,24-,29+/m1/s1. The SMILES string of the molecule is CC(=C[C@H](C(C)C)N(C)C(=O)[C@@H](N)C(C)(C)CC(=O)[C@](C)(N(C)C)C(C)(C)c1ccccc1)C(=O)O. The lowest BCUT2D eigenvalue weighted by atomic mass is 9.63. The minimum absolute atomic E-state index is 0.000664. The second kappa shape index (κ2) is 11.7. The minimum Gasteiger partial charge on any atom is -0.478 e. The zero-order chi connectivity index (χ0) is 28.2. The summed E-state index contributed by atoms with van der Waals surface area (Å²) in [7, 11) is 5.44. The van der Waals surface area contributed by atoms with Crippen LogP contribution in [0.1, 0.15) is 67.4 Å². The maximum atomic E-state index is 14.0. The van der Waals surface area contributed by atoms with Crippen molar-refractivity contribution in [2.45, 2.75) is 84.8 Å². The molecule has 1 aromatic rings. The van der Waals surface area contributed by atoms with Gasteiger partial charge in [0, 0.05) is 24.5 Å². The van der Waals surface area contributed by atoms with E-state index in [2.05, 4.69) is 13.8 Å². The fourth-order valence-electron chi connectivity index (χ4n) is 4.77. The van der Waals surface area contributed by atoms with E-state index in [9.17, 15) is 19.5 Å². The summed E-state index contributed by atoms with van der Waals surface area (Å²) in [5, 5.41) is 9.30. The van der Waals surface area contributed by atoms with E-state index in [-0.39, 0.29) is 29.6 Å². The number of rotatable bonds is 12. The highest BCUT2D eigenvalue weighted by Gasteiger charge is 2.51. The Morgan fingerprint density at radius 3 is 1.92 bits per heavy atom. The van der Waals surface area contributed by atoms with Gasteiger partial charge in [-0.2, -0.15) is 0 Å². The molecular formula is C29H47N3O4. The van der Waals surface area contributed by atoms with E-state index in [4.69, 9.17) is 5.73 Å². The lowest BCUT2D eigenvalue weighted by Crippen LogP contribution is -2.62. The zero-order valence-corrected chi connectivity index (χ0v) is 24.0. The first-order valence-corrected chi connectivity index (χ1v) is 12.5. The van der Waals surface area contributed by atoms with Gasteiger partial charge in [0.2, 0.25) is 5.91 Å². The molecular weight excluding hydrogens is 454 g/mol. The number of Topliss-reactive ketones (excluding diaryl/α,β-unsaturated/α-hetero) is 1. The minimum atomic E-state index is -1.03. The molecule has 3 N–H and O–H groups in total. The van der Waals surface area contributed by atoms with Crippen molar-refractivity contribution in [3.8, 4) is 0 Å². The Morgan fingerprint density at radius 1 is 1.00 bits per heavy atom. The molecule has 1 aromatic carbocycles. The van der Waals surface area contributed by atoms with Crippen molar-refractivity contribution in [3.05, 3.63) is 47.5 Å². The van der Waals surface area contributed by atoms with Crippen LogP contribution in [0.2, 0.25) is 0 Å². The summed E-state index contributed by atoms with van der Waals surface area (Å²) in [6, 6.07) is 8.57. The van der Waals surface area contributed by atoms with E-state index < -0.39 is 34.4 Å². The van der Waals surface area contributed by atoms with Crippen LogP contribution in [0.3, 0.4) is 0 Å². The first kappa shape index (κ1) is 31.5. The molecule has 0 saturated carbocycles. The van der Waals surface area contributed by atoms with Crippen LogP contribution in [0.5, 0.6) is 0 Å². The first-order valence-electron chi connectivity index (χ1n) is 12.5. The van der Waals surface area contributed by atoms with Gasteiger partial charge >= 0.3 is 5.97 Å². The maximum Gasteiger partial charge on any atom is 0.331 e. The van der Waals surface area contributed by atoms with Gasteiger partial charge in [0.25, 0.3) is 0 Å². The van der Waals surface area contributed by atoms with Crippen LogP contribution in [0.15, 0.2) is 42.0 Å². The average Bonchev–Trinajstić information content (AvgIpc) is 2.79. The molecule has 1 amide bonds. The number of hydrogen-bond donors (Lipinski definition) is 2. The van der Waals surface area contributed by atoms with Crippen LogP contribution in [0, 0.1) is 11.3 Å². The van der Waals surface area contributed by atoms with E-state index in [0.717, 1.165) is 5.56 Å². The van der Waals surface area contributed by atoms with E-state index in [1.54, 1.807) is 13.1 Å². The van der Waals surface area contributed by atoms with Gasteiger partial charge in [-0.1, -0.05) is 78.0 Å². The fraction of sp³-hybridized carbons (Fsp3) is 0.621. The van der Waals surface area contributed by atoms with Crippen molar-refractivity contribution in [2.24, 2.45) is 17.1 Å². The number of likely N-dealkylation sites (N-methyl/N-ethyl adjacent to an activating group) is 2. The molecule has 0 radical (unpaired) electrons. The summed E-state index contributed by atoms with van der Waals surface area (Å²) in [6.07, 6.45) is 1.69. The second-order valence-corrected chi connectivity index (χ2v) is 11.9. The summed E-state index contributed by atoms with van der Waals surface area (Å²) in [5.41, 5.74) is 5.53. The molecule has 0 unspecified atom stereocenters. The number of nitrogens with two attached hydrogens (primary N) is 1. The molecule has 0 spiro atoms. The van der Waals surface area contributed by atoms with E-state index in [0.29, 0.717) is 0 Å². The quantitative estimate of drug-likeness (QED) is 0.418. The Labute approximate surface area is 217 Å².